The van der Waals surface area contributed by atoms with Crippen molar-refractivity contribution in [2.75, 3.05) is 13.6 Å². The molecule has 228 valence electrons. The van der Waals surface area contributed by atoms with Gasteiger partial charge in [-0.05, 0) is 97.1 Å². The second kappa shape index (κ2) is 15.8. The smallest absolute Gasteiger partial charge is 0.343 e. The van der Waals surface area contributed by atoms with E-state index in [0.717, 1.165) is 12.2 Å². The lowest BCUT2D eigenvalue weighted by Crippen LogP contribution is -2.09. The molecule has 0 aliphatic carbocycles. The van der Waals surface area contributed by atoms with Crippen molar-refractivity contribution < 1.29 is 52.3 Å². The highest BCUT2D eigenvalue weighted by Crippen LogP contribution is 2.27. The molecule has 0 amide bonds. The van der Waals surface area contributed by atoms with Gasteiger partial charge in [0.25, 0.3) is 0 Å². The largest absolute Gasteiger partial charge is 0.457 e. The first kappa shape index (κ1) is 31.6. The lowest BCUT2D eigenvalue weighted by atomic mass is 10.2. The minimum Gasteiger partial charge on any atom is -0.457 e. The van der Waals surface area contributed by atoms with Crippen molar-refractivity contribution >= 4 is 23.9 Å². The summed E-state index contributed by atoms with van der Waals surface area (Å²) in [6, 6.07) is 25.1. The standard InChI is InChI=1S/C34H26O11/c1-3-31(35)41-21-39-25-9-5-23(6-10-25)33(37)44-29-17-13-27(14-18-29)43-28-15-19-30(20-16-28)45-34(38)24-7-11-26(12-8-24)40-22-42-32(36)4-2/h3-20H,1-2,21-22H2. The zero-order valence-corrected chi connectivity index (χ0v) is 23.7. The Bertz CT molecular complexity index is 1520. The van der Waals surface area contributed by atoms with Gasteiger partial charge in [-0.15, -0.1) is 0 Å². The van der Waals surface area contributed by atoms with Crippen LogP contribution in [0.3, 0.4) is 0 Å². The van der Waals surface area contributed by atoms with E-state index in [1.807, 2.05) is 0 Å². The lowest BCUT2D eigenvalue weighted by Gasteiger charge is -2.10. The second-order valence-corrected chi connectivity index (χ2v) is 8.73. The monoisotopic (exact) mass is 610 g/mol. The molecule has 0 aliphatic heterocycles. The van der Waals surface area contributed by atoms with Crippen LogP contribution in [0.15, 0.2) is 122 Å². The van der Waals surface area contributed by atoms with E-state index >= 15 is 0 Å². The topological polar surface area (TPSA) is 133 Å². The predicted octanol–water partition coefficient (Wildman–Crippen LogP) is 6.05. The maximum Gasteiger partial charge on any atom is 0.343 e. The minimum absolute atomic E-state index is 0.284. The van der Waals surface area contributed by atoms with E-state index in [1.54, 1.807) is 72.8 Å². The van der Waals surface area contributed by atoms with Crippen LogP contribution < -0.4 is 23.7 Å². The summed E-state index contributed by atoms with van der Waals surface area (Å²) >= 11 is 0. The van der Waals surface area contributed by atoms with Gasteiger partial charge in [-0.3, -0.25) is 0 Å². The van der Waals surface area contributed by atoms with E-state index in [-0.39, 0.29) is 13.6 Å². The van der Waals surface area contributed by atoms with Crippen LogP contribution >= 0.6 is 0 Å². The third-order valence-electron chi connectivity index (χ3n) is 5.67. The molecule has 0 atom stereocenters. The highest BCUT2D eigenvalue weighted by Gasteiger charge is 2.11. The maximum absolute atomic E-state index is 12.5. The maximum atomic E-state index is 12.5. The van der Waals surface area contributed by atoms with E-state index in [1.165, 1.54) is 24.3 Å². The molecule has 45 heavy (non-hydrogen) atoms. The first-order chi connectivity index (χ1) is 21.8. The number of rotatable bonds is 14. The summed E-state index contributed by atoms with van der Waals surface area (Å²) in [5.74, 6) is 0.0266. The Labute approximate surface area is 257 Å². The van der Waals surface area contributed by atoms with Crippen molar-refractivity contribution in [2.24, 2.45) is 0 Å². The average Bonchev–Trinajstić information content (AvgIpc) is 3.07. The number of benzene rings is 4. The molecule has 0 N–H and O–H groups in total. The second-order valence-electron chi connectivity index (χ2n) is 8.73. The van der Waals surface area contributed by atoms with Gasteiger partial charge in [0.1, 0.15) is 34.5 Å². The van der Waals surface area contributed by atoms with E-state index < -0.39 is 23.9 Å². The molecule has 0 spiro atoms. The number of esters is 4. The van der Waals surface area contributed by atoms with Crippen LogP contribution in [0.25, 0.3) is 0 Å². The quantitative estimate of drug-likeness (QED) is 0.0715. The Hall–Kier alpha value is -6.36. The molecule has 0 aromatic heterocycles. The van der Waals surface area contributed by atoms with Crippen LogP contribution in [-0.2, 0) is 19.1 Å². The van der Waals surface area contributed by atoms with Crippen LogP contribution in [0.2, 0.25) is 0 Å². The summed E-state index contributed by atoms with van der Waals surface area (Å²) in [5.41, 5.74) is 0.586. The average molecular weight is 611 g/mol. The minimum atomic E-state index is -0.608. The number of ether oxygens (including phenoxy) is 7. The summed E-state index contributed by atoms with van der Waals surface area (Å²) in [4.78, 5) is 47.1. The van der Waals surface area contributed by atoms with Gasteiger partial charge in [0.05, 0.1) is 11.1 Å². The summed E-state index contributed by atoms with van der Waals surface area (Å²) in [6.07, 6.45) is 2.05. The first-order valence-electron chi connectivity index (χ1n) is 13.2. The van der Waals surface area contributed by atoms with Gasteiger partial charge >= 0.3 is 23.9 Å². The summed E-state index contributed by atoms with van der Waals surface area (Å²) in [6.45, 7) is 6.01. The fourth-order valence-electron chi connectivity index (χ4n) is 3.42. The van der Waals surface area contributed by atoms with E-state index in [9.17, 15) is 19.2 Å². The normalized spacial score (nSPS) is 10.0. The van der Waals surface area contributed by atoms with Crippen LogP contribution in [0.4, 0.5) is 0 Å². The van der Waals surface area contributed by atoms with Crippen molar-refractivity contribution in [2.45, 2.75) is 0 Å². The zero-order chi connectivity index (χ0) is 32.0. The van der Waals surface area contributed by atoms with Gasteiger partial charge in [-0.25, -0.2) is 19.2 Å². The molecule has 4 rings (SSSR count). The van der Waals surface area contributed by atoms with E-state index in [0.29, 0.717) is 45.6 Å². The molecule has 0 aliphatic rings. The molecule has 11 heteroatoms. The Kier molecular flexibility index (Phi) is 11.1. The number of carbonyl (C=O) groups excluding carboxylic acids is 4. The van der Waals surface area contributed by atoms with Gasteiger partial charge in [0.15, 0.2) is 0 Å². The van der Waals surface area contributed by atoms with Gasteiger partial charge in [0.2, 0.25) is 13.6 Å². The Morgan fingerprint density at radius 1 is 0.467 bits per heavy atom. The van der Waals surface area contributed by atoms with Gasteiger partial charge in [0, 0.05) is 12.2 Å². The molecule has 0 unspecified atom stereocenters. The predicted molar refractivity (Wildman–Crippen MR) is 159 cm³/mol. The van der Waals surface area contributed by atoms with Gasteiger partial charge in [-0.2, -0.15) is 0 Å². The van der Waals surface area contributed by atoms with Crippen molar-refractivity contribution in [1.82, 2.24) is 0 Å². The summed E-state index contributed by atoms with van der Waals surface area (Å²) in [5, 5.41) is 0. The van der Waals surface area contributed by atoms with Crippen LogP contribution in [0, 0.1) is 0 Å². The number of carbonyl (C=O) groups is 4. The highest BCUT2D eigenvalue weighted by molar-refractivity contribution is 5.91. The van der Waals surface area contributed by atoms with Crippen LogP contribution in [0.1, 0.15) is 20.7 Å². The number of hydrogen-bond donors (Lipinski definition) is 0. The molecule has 0 bridgehead atoms. The molecule has 0 saturated carbocycles. The lowest BCUT2D eigenvalue weighted by molar-refractivity contribution is -0.145. The van der Waals surface area contributed by atoms with Gasteiger partial charge < -0.3 is 33.2 Å². The summed E-state index contributed by atoms with van der Waals surface area (Å²) in [7, 11) is 0. The third kappa shape index (κ3) is 9.86. The fraction of sp³-hybridized carbons (Fsp3) is 0.0588. The SMILES string of the molecule is C=CC(=O)OCOc1ccc(C(=O)Oc2ccc(Oc3ccc(OC(=O)c4ccc(OCOC(=O)C=C)cc4)cc3)cc2)cc1. The molecule has 0 saturated heterocycles. The van der Waals surface area contributed by atoms with Gasteiger partial charge in [-0.1, -0.05) is 13.2 Å². The van der Waals surface area contributed by atoms with Crippen molar-refractivity contribution in [3.63, 3.8) is 0 Å². The molecule has 11 nitrogen and oxygen atoms in total. The fourth-order valence-corrected chi connectivity index (χ4v) is 3.42. The molecular weight excluding hydrogens is 584 g/mol. The van der Waals surface area contributed by atoms with Crippen molar-refractivity contribution in [3.05, 3.63) is 133 Å². The van der Waals surface area contributed by atoms with E-state index in [2.05, 4.69) is 13.2 Å². The van der Waals surface area contributed by atoms with Crippen molar-refractivity contribution in [3.8, 4) is 34.5 Å². The Morgan fingerprint density at radius 3 is 1.11 bits per heavy atom. The van der Waals surface area contributed by atoms with Crippen LogP contribution in [0.5, 0.6) is 34.5 Å². The molecular formula is C34H26O11. The van der Waals surface area contributed by atoms with Crippen molar-refractivity contribution in [1.29, 1.82) is 0 Å². The molecule has 4 aromatic carbocycles. The molecule has 0 heterocycles. The summed E-state index contributed by atoms with van der Waals surface area (Å²) < 4.78 is 36.6. The third-order valence-corrected chi connectivity index (χ3v) is 5.67. The molecule has 0 fully saturated rings. The first-order valence-corrected chi connectivity index (χ1v) is 13.2. The Balaban J connectivity index is 1.23. The molecule has 4 aromatic rings. The van der Waals surface area contributed by atoms with E-state index in [4.69, 9.17) is 33.2 Å². The zero-order valence-electron chi connectivity index (χ0n) is 23.7. The highest BCUT2D eigenvalue weighted by atomic mass is 16.7. The Morgan fingerprint density at radius 2 is 0.778 bits per heavy atom. The molecule has 0 radical (unpaired) electrons. The number of hydrogen-bond acceptors (Lipinski definition) is 11. The van der Waals surface area contributed by atoms with Crippen LogP contribution in [-0.4, -0.2) is 37.5 Å².